The molecule has 0 atom stereocenters. The van der Waals surface area contributed by atoms with Gasteiger partial charge in [-0.15, -0.1) is 0 Å². The molecule has 1 amide bonds. The van der Waals surface area contributed by atoms with E-state index in [9.17, 15) is 23.3 Å². The van der Waals surface area contributed by atoms with Gasteiger partial charge in [0.2, 0.25) is 10.0 Å². The molecule has 0 spiro atoms. The number of carbonyl (C=O) groups is 1. The monoisotopic (exact) mass is 432 g/mol. The first-order chi connectivity index (χ1) is 14.3. The summed E-state index contributed by atoms with van der Waals surface area (Å²) in [7, 11) is -3.51. The number of nitrogens with one attached hydrogen (secondary N) is 1. The third-order valence-electron chi connectivity index (χ3n) is 4.96. The molecule has 1 aliphatic rings. The van der Waals surface area contributed by atoms with Crippen LogP contribution in [0.5, 0.6) is 0 Å². The molecule has 1 heterocycles. The average molecular weight is 433 g/mol. The number of nitro benzene ring substituents is 1. The number of piperazine rings is 1. The predicted molar refractivity (Wildman–Crippen MR) is 114 cm³/mol. The highest BCUT2D eigenvalue weighted by molar-refractivity contribution is 7.89. The molecule has 2 aromatic rings. The lowest BCUT2D eigenvalue weighted by atomic mass is 10.2. The number of carbonyl (C=O) groups excluding carboxylic acids is 1. The largest absolute Gasteiger partial charge is 0.369 e. The van der Waals surface area contributed by atoms with Crippen LogP contribution in [-0.2, 0) is 10.0 Å². The number of amides is 1. The first-order valence-corrected chi connectivity index (χ1v) is 11.2. The van der Waals surface area contributed by atoms with Crippen molar-refractivity contribution in [2.24, 2.45) is 0 Å². The maximum absolute atomic E-state index is 12.6. The Kier molecular flexibility index (Phi) is 6.68. The third kappa shape index (κ3) is 5.33. The Morgan fingerprint density at radius 2 is 1.80 bits per heavy atom. The van der Waals surface area contributed by atoms with Crippen LogP contribution >= 0.6 is 0 Å². The minimum absolute atomic E-state index is 0.0675. The Bertz CT molecular complexity index is 1030. The molecule has 0 aliphatic carbocycles. The lowest BCUT2D eigenvalue weighted by molar-refractivity contribution is -0.384. The van der Waals surface area contributed by atoms with Crippen LogP contribution in [0, 0.1) is 17.0 Å². The van der Waals surface area contributed by atoms with Gasteiger partial charge in [0.25, 0.3) is 11.6 Å². The quantitative estimate of drug-likeness (QED) is 0.527. The van der Waals surface area contributed by atoms with Gasteiger partial charge in [-0.1, -0.05) is 18.2 Å². The molecular formula is C20H24N4O5S. The summed E-state index contributed by atoms with van der Waals surface area (Å²) in [5.41, 5.74) is 2.16. The van der Waals surface area contributed by atoms with Crippen molar-refractivity contribution in [3.8, 4) is 0 Å². The molecule has 30 heavy (non-hydrogen) atoms. The van der Waals surface area contributed by atoms with Gasteiger partial charge in [-0.25, -0.2) is 8.42 Å². The number of benzene rings is 2. The van der Waals surface area contributed by atoms with Crippen molar-refractivity contribution in [2.75, 3.05) is 43.4 Å². The van der Waals surface area contributed by atoms with E-state index in [-0.39, 0.29) is 23.5 Å². The summed E-state index contributed by atoms with van der Waals surface area (Å²) >= 11 is 0. The molecule has 0 unspecified atom stereocenters. The number of hydrogen-bond donors (Lipinski definition) is 1. The van der Waals surface area contributed by atoms with Crippen LogP contribution in [0.2, 0.25) is 0 Å². The SMILES string of the molecule is Cc1cccc(N2CCN(S(=O)(=O)CCNC(=O)c3cccc([N+](=O)[O-])c3)CC2)c1. The van der Waals surface area contributed by atoms with E-state index in [1.807, 2.05) is 25.1 Å². The van der Waals surface area contributed by atoms with Crippen LogP contribution in [-0.4, -0.2) is 62.0 Å². The molecule has 3 rings (SSSR count). The van der Waals surface area contributed by atoms with Gasteiger partial charge in [-0.05, 0) is 30.7 Å². The van der Waals surface area contributed by atoms with E-state index in [0.717, 1.165) is 17.3 Å². The second-order valence-corrected chi connectivity index (χ2v) is 9.19. The summed E-state index contributed by atoms with van der Waals surface area (Å²) in [6.07, 6.45) is 0. The van der Waals surface area contributed by atoms with Crippen molar-refractivity contribution >= 4 is 27.3 Å². The molecule has 1 fully saturated rings. The fourth-order valence-corrected chi connectivity index (χ4v) is 4.67. The molecule has 160 valence electrons. The summed E-state index contributed by atoms with van der Waals surface area (Å²) in [6, 6.07) is 13.4. The third-order valence-corrected chi connectivity index (χ3v) is 6.84. The minimum atomic E-state index is -3.51. The van der Waals surface area contributed by atoms with Crippen molar-refractivity contribution < 1.29 is 18.1 Å². The number of anilines is 1. The molecule has 0 radical (unpaired) electrons. The van der Waals surface area contributed by atoms with Gasteiger partial charge in [0, 0.05) is 56.1 Å². The second kappa shape index (κ2) is 9.23. The Balaban J connectivity index is 1.50. The number of non-ortho nitro benzene ring substituents is 1. The fourth-order valence-electron chi connectivity index (χ4n) is 3.33. The molecule has 9 nitrogen and oxygen atoms in total. The highest BCUT2D eigenvalue weighted by Crippen LogP contribution is 2.19. The summed E-state index contributed by atoms with van der Waals surface area (Å²) in [4.78, 5) is 24.5. The molecule has 10 heteroatoms. The van der Waals surface area contributed by atoms with Gasteiger partial charge in [-0.3, -0.25) is 14.9 Å². The van der Waals surface area contributed by atoms with Crippen LogP contribution < -0.4 is 10.2 Å². The molecule has 2 aromatic carbocycles. The van der Waals surface area contributed by atoms with E-state index in [2.05, 4.69) is 16.3 Å². The van der Waals surface area contributed by atoms with Crippen molar-refractivity contribution in [1.82, 2.24) is 9.62 Å². The second-order valence-electron chi connectivity index (χ2n) is 7.10. The zero-order valence-corrected chi connectivity index (χ0v) is 17.5. The van der Waals surface area contributed by atoms with E-state index in [1.54, 1.807) is 0 Å². The molecule has 0 saturated carbocycles. The maximum Gasteiger partial charge on any atom is 0.270 e. The Morgan fingerprint density at radius 1 is 1.10 bits per heavy atom. The summed E-state index contributed by atoms with van der Waals surface area (Å²) < 4.78 is 26.7. The average Bonchev–Trinajstić information content (AvgIpc) is 2.73. The molecule has 1 N–H and O–H groups in total. The molecular weight excluding hydrogens is 408 g/mol. The van der Waals surface area contributed by atoms with Crippen LogP contribution in [0.3, 0.4) is 0 Å². The van der Waals surface area contributed by atoms with Crippen molar-refractivity contribution in [2.45, 2.75) is 6.92 Å². The fraction of sp³-hybridized carbons (Fsp3) is 0.350. The van der Waals surface area contributed by atoms with Gasteiger partial charge in [0.05, 0.1) is 10.7 Å². The molecule has 1 saturated heterocycles. The van der Waals surface area contributed by atoms with Gasteiger partial charge in [0.15, 0.2) is 0 Å². The lowest BCUT2D eigenvalue weighted by Crippen LogP contribution is -2.50. The van der Waals surface area contributed by atoms with Crippen LogP contribution in [0.15, 0.2) is 48.5 Å². The van der Waals surface area contributed by atoms with Crippen LogP contribution in [0.25, 0.3) is 0 Å². The predicted octanol–water partition coefficient (Wildman–Crippen LogP) is 1.79. The summed E-state index contributed by atoms with van der Waals surface area (Å²) in [5.74, 6) is -0.767. The van der Waals surface area contributed by atoms with E-state index in [1.165, 1.54) is 22.5 Å². The molecule has 0 aromatic heterocycles. The normalized spacial score (nSPS) is 15.0. The number of nitrogens with zero attached hydrogens (tertiary/aromatic N) is 3. The first kappa shape index (κ1) is 21.7. The summed E-state index contributed by atoms with van der Waals surface area (Å²) in [6.45, 7) is 3.92. The van der Waals surface area contributed by atoms with Crippen molar-refractivity contribution in [1.29, 1.82) is 0 Å². The van der Waals surface area contributed by atoms with E-state index in [4.69, 9.17) is 0 Å². The topological polar surface area (TPSA) is 113 Å². The highest BCUT2D eigenvalue weighted by Gasteiger charge is 2.27. The first-order valence-electron chi connectivity index (χ1n) is 9.58. The lowest BCUT2D eigenvalue weighted by Gasteiger charge is -2.35. The molecule has 0 bridgehead atoms. The van der Waals surface area contributed by atoms with Crippen molar-refractivity contribution in [3.63, 3.8) is 0 Å². The smallest absolute Gasteiger partial charge is 0.270 e. The minimum Gasteiger partial charge on any atom is -0.369 e. The zero-order chi connectivity index (χ0) is 21.7. The zero-order valence-electron chi connectivity index (χ0n) is 16.7. The Morgan fingerprint density at radius 3 is 2.47 bits per heavy atom. The Labute approximate surface area is 175 Å². The number of aryl methyl sites for hydroxylation is 1. The van der Waals surface area contributed by atoms with E-state index >= 15 is 0 Å². The van der Waals surface area contributed by atoms with E-state index in [0.29, 0.717) is 26.2 Å². The van der Waals surface area contributed by atoms with Gasteiger partial charge in [0.1, 0.15) is 0 Å². The van der Waals surface area contributed by atoms with Crippen LogP contribution in [0.1, 0.15) is 15.9 Å². The van der Waals surface area contributed by atoms with E-state index < -0.39 is 20.9 Å². The van der Waals surface area contributed by atoms with Gasteiger partial charge < -0.3 is 10.2 Å². The number of sulfonamides is 1. The van der Waals surface area contributed by atoms with Gasteiger partial charge in [-0.2, -0.15) is 4.31 Å². The van der Waals surface area contributed by atoms with Crippen LogP contribution in [0.4, 0.5) is 11.4 Å². The number of rotatable bonds is 7. The van der Waals surface area contributed by atoms with Gasteiger partial charge >= 0.3 is 0 Å². The number of nitro groups is 1. The Hall–Kier alpha value is -2.98. The standard InChI is InChI=1S/C20H24N4O5S/c1-16-4-2-6-18(14-16)22-9-11-23(12-10-22)30(28,29)13-8-21-20(25)17-5-3-7-19(15-17)24(26)27/h2-7,14-15H,8-13H2,1H3,(H,21,25). The molecule has 1 aliphatic heterocycles. The van der Waals surface area contributed by atoms with Crippen molar-refractivity contribution in [3.05, 3.63) is 69.8 Å². The highest BCUT2D eigenvalue weighted by atomic mass is 32.2. The maximum atomic E-state index is 12.6. The summed E-state index contributed by atoms with van der Waals surface area (Å²) in [5, 5.41) is 13.3. The number of hydrogen-bond acceptors (Lipinski definition) is 6.